The van der Waals surface area contributed by atoms with Gasteiger partial charge in [-0.15, -0.1) is 54.1 Å². The maximum Gasteiger partial charge on any atom is 0.123 e. The normalized spacial score (nSPS) is 11.8. The first-order chi connectivity index (χ1) is 24.1. The van der Waals surface area contributed by atoms with Crippen molar-refractivity contribution in [3.8, 4) is 33.8 Å². The summed E-state index contributed by atoms with van der Waals surface area (Å²) in [6.45, 7) is 11.5. The molecule has 253 valence electrons. The molecular weight excluding hydrogens is 832 g/mol. The topological polar surface area (TPSA) is 43.6 Å². The molecule has 0 saturated carbocycles. The minimum atomic E-state index is -1.42. The Bertz CT molecular complexity index is 2450. The maximum absolute atomic E-state index is 13.4. The van der Waals surface area contributed by atoms with Gasteiger partial charge in [0, 0.05) is 50.4 Å². The molecule has 0 unspecified atom stereocenters. The van der Waals surface area contributed by atoms with Gasteiger partial charge in [0.25, 0.3) is 0 Å². The average molecular weight is 870 g/mol. The molecule has 0 aliphatic heterocycles. The van der Waals surface area contributed by atoms with Gasteiger partial charge in [-0.3, -0.25) is 4.98 Å². The van der Waals surface area contributed by atoms with Crippen LogP contribution in [0.5, 0.6) is 0 Å². The summed E-state index contributed by atoms with van der Waals surface area (Å²) in [6.07, 6.45) is 1.86. The van der Waals surface area contributed by atoms with Gasteiger partial charge in [-0.2, -0.15) is 11.3 Å². The molecule has 8 heteroatoms. The van der Waals surface area contributed by atoms with E-state index in [0.29, 0.717) is 0 Å². The Kier molecular flexibility index (Phi) is 9.89. The van der Waals surface area contributed by atoms with E-state index >= 15 is 0 Å². The fraction of sp³-hybridized carbons (Fsp3) is 0.167. The van der Waals surface area contributed by atoms with Crippen LogP contribution in [0, 0.1) is 24.8 Å². The van der Waals surface area contributed by atoms with Gasteiger partial charge >= 0.3 is 0 Å². The number of thiophene rings is 1. The standard InChI is InChI=1S/C27H19FN3S.C15H18NSi.Ir/c1-16(2)31-24-9-4-3-8-23(24)30-26(31)21-7-5-6-20-22-14-18(15-29-27(22)32-25(20)21)17-10-12-19(28)13-11-17;1-12-15(17(2,3)4)11-10-14(16-12)13-8-6-5-7-9-13;/h3-6,8-16H,1-2H3;5-8,10-11H,1-4H3;/q2*-1;/i;1D;. The Balaban J connectivity index is 0.000000202. The van der Waals surface area contributed by atoms with Crippen LogP contribution in [-0.4, -0.2) is 27.6 Å². The van der Waals surface area contributed by atoms with Crippen LogP contribution in [-0.2, 0) is 20.1 Å². The molecule has 0 amide bonds. The van der Waals surface area contributed by atoms with E-state index in [9.17, 15) is 4.39 Å². The number of hydrogen-bond acceptors (Lipinski definition) is 4. The number of benzene rings is 4. The fourth-order valence-electron chi connectivity index (χ4n) is 6.22. The summed E-state index contributed by atoms with van der Waals surface area (Å²) in [5.41, 5.74) is 7.86. The van der Waals surface area contributed by atoms with Crippen LogP contribution < -0.4 is 5.19 Å². The molecule has 0 atom stereocenters. The molecule has 0 bridgehead atoms. The van der Waals surface area contributed by atoms with E-state index in [0.717, 1.165) is 70.8 Å². The first kappa shape index (κ1) is 34.1. The number of para-hydroxylation sites is 2. The van der Waals surface area contributed by atoms with Gasteiger partial charge in [-0.05, 0) is 72.2 Å². The predicted octanol–water partition coefficient (Wildman–Crippen LogP) is 11.1. The van der Waals surface area contributed by atoms with E-state index in [4.69, 9.17) is 11.3 Å². The largest absolute Gasteiger partial charge is 0.362 e. The molecule has 1 radical (unpaired) electrons. The van der Waals surface area contributed by atoms with Gasteiger partial charge in [0.1, 0.15) is 10.6 Å². The zero-order chi connectivity index (χ0) is 35.0. The second-order valence-electron chi connectivity index (χ2n) is 13.4. The van der Waals surface area contributed by atoms with Crippen molar-refractivity contribution >= 4 is 55.9 Å². The van der Waals surface area contributed by atoms with Crippen LogP contribution in [0.3, 0.4) is 0 Å². The fourth-order valence-corrected chi connectivity index (χ4v) is 8.85. The molecule has 0 aliphatic carbocycles. The molecule has 0 saturated heterocycles. The molecule has 4 nitrogen and oxygen atoms in total. The van der Waals surface area contributed by atoms with Gasteiger partial charge in [0.15, 0.2) is 0 Å². The number of aromatic nitrogens is 4. The molecule has 8 rings (SSSR count). The zero-order valence-corrected chi connectivity index (χ0v) is 32.8. The van der Waals surface area contributed by atoms with Crippen LogP contribution in [0.1, 0.15) is 27.0 Å². The zero-order valence-electron chi connectivity index (χ0n) is 29.6. The first-order valence-electron chi connectivity index (χ1n) is 17.1. The van der Waals surface area contributed by atoms with E-state index in [1.54, 1.807) is 23.5 Å². The van der Waals surface area contributed by atoms with E-state index in [-0.39, 0.29) is 38.9 Å². The summed E-state index contributed by atoms with van der Waals surface area (Å²) in [5, 5.41) is 3.52. The van der Waals surface area contributed by atoms with Gasteiger partial charge in [0.05, 0.1) is 24.9 Å². The van der Waals surface area contributed by atoms with Crippen molar-refractivity contribution in [2.24, 2.45) is 0 Å². The second-order valence-corrected chi connectivity index (χ2v) is 19.4. The Labute approximate surface area is 312 Å². The molecule has 0 spiro atoms. The Morgan fingerprint density at radius 2 is 1.62 bits per heavy atom. The Morgan fingerprint density at radius 3 is 2.34 bits per heavy atom. The van der Waals surface area contributed by atoms with Crippen molar-refractivity contribution in [2.75, 3.05) is 0 Å². The summed E-state index contributed by atoms with van der Waals surface area (Å²) in [7, 11) is -1.42. The van der Waals surface area contributed by atoms with Crippen molar-refractivity contribution in [1.29, 1.82) is 0 Å². The molecule has 4 aromatic heterocycles. The van der Waals surface area contributed by atoms with E-state index in [2.05, 4.69) is 97.6 Å². The number of pyridine rings is 2. The molecular formula is C42H37FIrN4SSi-2. The molecule has 4 aromatic carbocycles. The third kappa shape index (κ3) is 6.99. The predicted molar refractivity (Wildman–Crippen MR) is 207 cm³/mol. The SMILES string of the molecule is CC(C)n1c(-c2[c-]ccc3c2sc2ncc(-c4ccc(F)cc4)cc23)nc2ccccc21.[2H]Cc1nc(-c2[c-]cccc2)ccc1[Si](C)(C)C.[Ir]. The molecule has 0 N–H and O–H groups in total. The van der Waals surface area contributed by atoms with Gasteiger partial charge in [-0.25, -0.2) is 9.37 Å². The monoisotopic (exact) mass is 870 g/mol. The minimum absolute atomic E-state index is 0. The van der Waals surface area contributed by atoms with Gasteiger partial charge < -0.3 is 9.55 Å². The van der Waals surface area contributed by atoms with Crippen LogP contribution in [0.15, 0.2) is 109 Å². The summed E-state index contributed by atoms with van der Waals surface area (Å²) in [6, 6.07) is 39.9. The van der Waals surface area contributed by atoms with Crippen LogP contribution >= 0.6 is 11.3 Å². The van der Waals surface area contributed by atoms with Crippen molar-refractivity contribution in [2.45, 2.75) is 46.4 Å². The molecule has 0 fully saturated rings. The van der Waals surface area contributed by atoms with Crippen molar-refractivity contribution in [3.05, 3.63) is 133 Å². The summed E-state index contributed by atoms with van der Waals surface area (Å²) < 4.78 is 24.4. The van der Waals surface area contributed by atoms with Gasteiger partial charge in [-0.1, -0.05) is 67.0 Å². The number of hydrogen-bond donors (Lipinski definition) is 0. The smallest absolute Gasteiger partial charge is 0.123 e. The number of imidazole rings is 1. The number of rotatable bonds is 5. The first-order valence-corrected chi connectivity index (χ1v) is 20.7. The van der Waals surface area contributed by atoms with Crippen LogP contribution in [0.25, 0.3) is 65.1 Å². The van der Waals surface area contributed by atoms with E-state index in [1.165, 1.54) is 17.3 Å². The third-order valence-corrected chi connectivity index (χ3v) is 11.8. The van der Waals surface area contributed by atoms with Crippen LogP contribution in [0.4, 0.5) is 4.39 Å². The molecule has 4 heterocycles. The third-order valence-electron chi connectivity index (χ3n) is 8.57. The molecule has 50 heavy (non-hydrogen) atoms. The Hall–Kier alpha value is -4.33. The molecule has 0 aliphatic rings. The van der Waals surface area contributed by atoms with E-state index in [1.807, 2.05) is 42.6 Å². The molecule has 8 aromatic rings. The minimum Gasteiger partial charge on any atom is -0.362 e. The van der Waals surface area contributed by atoms with Crippen molar-refractivity contribution < 1.29 is 25.9 Å². The summed E-state index contributed by atoms with van der Waals surface area (Å²) >= 11 is 1.66. The summed E-state index contributed by atoms with van der Waals surface area (Å²) in [4.78, 5) is 15.3. The number of nitrogens with zero attached hydrogens (tertiary/aromatic N) is 4. The summed E-state index contributed by atoms with van der Waals surface area (Å²) in [5.74, 6) is 0.689. The Morgan fingerprint density at radius 1 is 0.840 bits per heavy atom. The van der Waals surface area contributed by atoms with Crippen molar-refractivity contribution in [1.82, 2.24) is 19.5 Å². The number of halogens is 1. The second kappa shape index (κ2) is 14.5. The number of fused-ring (bicyclic) bond motifs is 4. The number of aryl methyl sites for hydroxylation is 1. The van der Waals surface area contributed by atoms with Crippen molar-refractivity contribution in [3.63, 3.8) is 0 Å². The van der Waals surface area contributed by atoms with E-state index < -0.39 is 8.07 Å². The van der Waals surface area contributed by atoms with Gasteiger partial charge in [0.2, 0.25) is 0 Å². The van der Waals surface area contributed by atoms with Crippen LogP contribution in [0.2, 0.25) is 19.6 Å². The average Bonchev–Trinajstić information content (AvgIpc) is 3.71. The maximum atomic E-state index is 13.4. The quantitative estimate of drug-likeness (QED) is 0.128.